The van der Waals surface area contributed by atoms with E-state index in [0.717, 1.165) is 32.7 Å². The molecule has 7 heteroatoms. The van der Waals surface area contributed by atoms with Gasteiger partial charge >= 0.3 is 5.97 Å². The lowest BCUT2D eigenvalue weighted by Crippen LogP contribution is -2.40. The van der Waals surface area contributed by atoms with Crippen LogP contribution >= 0.6 is 0 Å². The molecule has 0 saturated carbocycles. The lowest BCUT2D eigenvalue weighted by Gasteiger charge is -2.29. The topological polar surface area (TPSA) is 73.3 Å². The second kappa shape index (κ2) is 9.20. The highest BCUT2D eigenvalue weighted by molar-refractivity contribution is 5.78. The number of likely N-dealkylation sites (tertiary alicyclic amines) is 1. The molecule has 0 spiro atoms. The van der Waals surface area contributed by atoms with Crippen molar-refractivity contribution in [3.63, 3.8) is 0 Å². The summed E-state index contributed by atoms with van der Waals surface area (Å²) >= 11 is 0. The Morgan fingerprint density at radius 1 is 1.00 bits per heavy atom. The van der Waals surface area contributed by atoms with Crippen LogP contribution in [0, 0.1) is 5.92 Å². The number of aliphatic carboxylic acids is 1. The minimum atomic E-state index is -0.829. The van der Waals surface area contributed by atoms with Crippen molar-refractivity contribution in [1.29, 1.82) is 0 Å². The first-order chi connectivity index (χ1) is 11.1. The predicted octanol–water partition coefficient (Wildman–Crippen LogP) is -0.0363. The van der Waals surface area contributed by atoms with E-state index in [2.05, 4.69) is 9.80 Å². The minimum absolute atomic E-state index is 0.0140. The molecule has 0 radical (unpaired) electrons. The number of carboxylic acid groups (broad SMARTS) is 1. The van der Waals surface area contributed by atoms with Crippen molar-refractivity contribution < 1.29 is 19.4 Å². The zero-order valence-electron chi connectivity index (χ0n) is 14.1. The van der Waals surface area contributed by atoms with E-state index in [0.29, 0.717) is 13.1 Å². The molecule has 2 saturated heterocycles. The zero-order chi connectivity index (χ0) is 16.7. The number of amides is 1. The maximum absolute atomic E-state index is 12.0. The number of ether oxygens (including phenoxy) is 1. The summed E-state index contributed by atoms with van der Waals surface area (Å²) in [6, 6.07) is 0. The Hall–Kier alpha value is -1.18. The predicted molar refractivity (Wildman–Crippen MR) is 86.3 cm³/mol. The molecule has 23 heavy (non-hydrogen) atoms. The normalized spacial score (nSPS) is 24.4. The van der Waals surface area contributed by atoms with E-state index >= 15 is 0 Å². The highest BCUT2D eigenvalue weighted by Gasteiger charge is 2.29. The van der Waals surface area contributed by atoms with Crippen molar-refractivity contribution in [3.05, 3.63) is 0 Å². The Bertz CT molecular complexity index is 399. The molecule has 1 amide bonds. The fraction of sp³-hybridized carbons (Fsp3) is 0.875. The number of hydrogen-bond acceptors (Lipinski definition) is 5. The van der Waals surface area contributed by atoms with Crippen molar-refractivity contribution >= 4 is 11.9 Å². The van der Waals surface area contributed by atoms with Crippen LogP contribution in [0.4, 0.5) is 0 Å². The smallest absolute Gasteiger partial charge is 0.309 e. The molecule has 1 atom stereocenters. The molecular weight excluding hydrogens is 298 g/mol. The number of carboxylic acids is 1. The van der Waals surface area contributed by atoms with Crippen molar-refractivity contribution in [3.8, 4) is 0 Å². The van der Waals surface area contributed by atoms with Gasteiger partial charge in [0.05, 0.1) is 5.92 Å². The maximum Gasteiger partial charge on any atom is 0.309 e. The first-order valence-corrected chi connectivity index (χ1v) is 8.54. The van der Waals surface area contributed by atoms with Gasteiger partial charge in [-0.2, -0.15) is 0 Å². The molecule has 2 aliphatic heterocycles. The molecular formula is C16H29N3O4. The zero-order valence-corrected chi connectivity index (χ0v) is 14.1. The SMILES string of the molecule is COCC(=O)N1CCN(CCN2CCCCC2)C[C@H](C(=O)O)C1. The second-order valence-corrected chi connectivity index (χ2v) is 6.51. The van der Waals surface area contributed by atoms with Crippen LogP contribution in [0.15, 0.2) is 0 Å². The van der Waals surface area contributed by atoms with Gasteiger partial charge in [-0.15, -0.1) is 0 Å². The Morgan fingerprint density at radius 3 is 2.35 bits per heavy atom. The number of piperidine rings is 1. The molecule has 2 aliphatic rings. The second-order valence-electron chi connectivity index (χ2n) is 6.51. The average Bonchev–Trinajstić information content (AvgIpc) is 2.77. The number of carbonyl (C=O) groups excluding carboxylic acids is 1. The first-order valence-electron chi connectivity index (χ1n) is 8.54. The molecule has 132 valence electrons. The maximum atomic E-state index is 12.0. The summed E-state index contributed by atoms with van der Waals surface area (Å²) in [7, 11) is 1.48. The molecule has 0 aromatic heterocycles. The van der Waals surface area contributed by atoms with Crippen molar-refractivity contribution in [2.24, 2.45) is 5.92 Å². The van der Waals surface area contributed by atoms with Gasteiger partial charge in [-0.25, -0.2) is 0 Å². The van der Waals surface area contributed by atoms with Crippen molar-refractivity contribution in [1.82, 2.24) is 14.7 Å². The van der Waals surface area contributed by atoms with Crippen LogP contribution in [0.2, 0.25) is 0 Å². The van der Waals surface area contributed by atoms with Crippen LogP contribution in [0.25, 0.3) is 0 Å². The standard InChI is InChI=1S/C16H29N3O4/c1-23-13-15(20)19-10-9-18(11-14(12-19)16(21)22)8-7-17-5-3-2-4-6-17/h14H,2-13H2,1H3,(H,21,22)/t14-/m0/s1. The van der Waals surface area contributed by atoms with Gasteiger partial charge in [0.1, 0.15) is 6.61 Å². The van der Waals surface area contributed by atoms with Gasteiger partial charge in [0.25, 0.3) is 0 Å². The molecule has 0 aromatic carbocycles. The third kappa shape index (κ3) is 5.75. The first kappa shape index (κ1) is 18.2. The van der Waals surface area contributed by atoms with Crippen LogP contribution in [0.3, 0.4) is 0 Å². The fourth-order valence-electron chi connectivity index (χ4n) is 3.35. The molecule has 0 bridgehead atoms. The van der Waals surface area contributed by atoms with Gasteiger partial charge in [-0.1, -0.05) is 6.42 Å². The number of nitrogens with zero attached hydrogens (tertiary/aromatic N) is 3. The van der Waals surface area contributed by atoms with Crippen molar-refractivity contribution in [2.45, 2.75) is 19.3 Å². The van der Waals surface area contributed by atoms with Gasteiger partial charge < -0.3 is 19.6 Å². The molecule has 0 aromatic rings. The molecule has 2 fully saturated rings. The number of methoxy groups -OCH3 is 1. The molecule has 2 heterocycles. The Labute approximate surface area is 138 Å². The van der Waals surface area contributed by atoms with E-state index in [1.165, 1.54) is 26.4 Å². The van der Waals surface area contributed by atoms with Crippen LogP contribution < -0.4 is 0 Å². The highest BCUT2D eigenvalue weighted by Crippen LogP contribution is 2.12. The van der Waals surface area contributed by atoms with Crippen LogP contribution in [-0.2, 0) is 14.3 Å². The summed E-state index contributed by atoms with van der Waals surface area (Å²) in [4.78, 5) is 29.8. The van der Waals surface area contributed by atoms with Gasteiger partial charge in [-0.05, 0) is 25.9 Å². The summed E-state index contributed by atoms with van der Waals surface area (Å²) in [6.07, 6.45) is 3.84. The van der Waals surface area contributed by atoms with Gasteiger partial charge in [0, 0.05) is 46.4 Å². The van der Waals surface area contributed by atoms with Gasteiger partial charge in [-0.3, -0.25) is 14.5 Å². The summed E-state index contributed by atoms with van der Waals surface area (Å²) in [5.41, 5.74) is 0. The third-order valence-corrected chi connectivity index (χ3v) is 4.76. The largest absolute Gasteiger partial charge is 0.481 e. The van der Waals surface area contributed by atoms with E-state index in [1.807, 2.05) is 0 Å². The Kier molecular flexibility index (Phi) is 7.26. The lowest BCUT2D eigenvalue weighted by atomic mass is 10.1. The average molecular weight is 327 g/mol. The number of rotatable bonds is 6. The number of hydrogen-bond donors (Lipinski definition) is 1. The molecule has 1 N–H and O–H groups in total. The monoisotopic (exact) mass is 327 g/mol. The van der Waals surface area contributed by atoms with E-state index < -0.39 is 11.9 Å². The van der Waals surface area contributed by atoms with Crippen LogP contribution in [-0.4, -0.2) is 97.8 Å². The van der Waals surface area contributed by atoms with E-state index in [4.69, 9.17) is 4.74 Å². The number of carbonyl (C=O) groups is 2. The molecule has 7 nitrogen and oxygen atoms in total. The van der Waals surface area contributed by atoms with Crippen molar-refractivity contribution in [2.75, 3.05) is 66.1 Å². The summed E-state index contributed by atoms with van der Waals surface area (Å²) in [6.45, 7) is 6.26. The lowest BCUT2D eigenvalue weighted by molar-refractivity contribution is -0.144. The summed E-state index contributed by atoms with van der Waals surface area (Å²) in [5, 5.41) is 9.42. The minimum Gasteiger partial charge on any atom is -0.481 e. The van der Waals surface area contributed by atoms with Gasteiger partial charge in [0.2, 0.25) is 5.91 Å². The Morgan fingerprint density at radius 2 is 1.70 bits per heavy atom. The Balaban J connectivity index is 1.88. The van der Waals surface area contributed by atoms with Crippen LogP contribution in [0.5, 0.6) is 0 Å². The molecule has 0 unspecified atom stereocenters. The third-order valence-electron chi connectivity index (χ3n) is 4.76. The summed E-state index contributed by atoms with van der Waals surface area (Å²) < 4.78 is 4.89. The van der Waals surface area contributed by atoms with E-state index in [1.54, 1.807) is 4.90 Å². The van der Waals surface area contributed by atoms with E-state index in [9.17, 15) is 14.7 Å². The quantitative estimate of drug-likeness (QED) is 0.738. The molecule has 2 rings (SSSR count). The molecule has 0 aliphatic carbocycles. The van der Waals surface area contributed by atoms with E-state index in [-0.39, 0.29) is 19.1 Å². The highest BCUT2D eigenvalue weighted by atomic mass is 16.5. The van der Waals surface area contributed by atoms with Crippen LogP contribution in [0.1, 0.15) is 19.3 Å². The summed E-state index contributed by atoms with van der Waals surface area (Å²) in [5.74, 6) is -1.48. The fourth-order valence-corrected chi connectivity index (χ4v) is 3.35. The van der Waals surface area contributed by atoms with Gasteiger partial charge in [0.15, 0.2) is 0 Å².